The second kappa shape index (κ2) is 7.65. The molecule has 2 aromatic rings. The number of nitrogens with one attached hydrogen (secondary N) is 1. The van der Waals surface area contributed by atoms with Crippen LogP contribution in [0.4, 0.5) is 11.4 Å². The van der Waals surface area contributed by atoms with E-state index in [0.29, 0.717) is 40.9 Å². The lowest BCUT2D eigenvalue weighted by atomic mass is 9.63. The molecule has 34 heavy (non-hydrogen) atoms. The van der Waals surface area contributed by atoms with Crippen molar-refractivity contribution in [2.24, 2.45) is 35.5 Å². The van der Waals surface area contributed by atoms with Gasteiger partial charge in [-0.05, 0) is 85.5 Å². The van der Waals surface area contributed by atoms with Gasteiger partial charge in [-0.2, -0.15) is 0 Å². The normalized spacial score (nSPS) is 30.1. The Labute approximate surface area is 196 Å². The zero-order valence-corrected chi connectivity index (χ0v) is 18.6. The van der Waals surface area contributed by atoms with E-state index in [0.717, 1.165) is 6.42 Å². The molecular formula is C27H24N2O5. The predicted molar refractivity (Wildman–Crippen MR) is 124 cm³/mol. The Bertz CT molecular complexity index is 1200. The van der Waals surface area contributed by atoms with Crippen molar-refractivity contribution in [2.45, 2.75) is 13.3 Å². The van der Waals surface area contributed by atoms with Gasteiger partial charge in [0, 0.05) is 11.3 Å². The van der Waals surface area contributed by atoms with E-state index in [1.807, 2.05) is 0 Å². The summed E-state index contributed by atoms with van der Waals surface area (Å²) in [6.45, 7) is 2.03. The molecule has 1 saturated heterocycles. The second-order valence-electron chi connectivity index (χ2n) is 9.47. The number of hydrogen-bond acceptors (Lipinski definition) is 5. The van der Waals surface area contributed by atoms with Crippen molar-refractivity contribution < 1.29 is 23.9 Å². The molecule has 5 aliphatic rings. The Morgan fingerprint density at radius 3 is 2.00 bits per heavy atom. The number of carbonyl (C=O) groups excluding carboxylic acids is 4. The van der Waals surface area contributed by atoms with Crippen molar-refractivity contribution in [2.75, 3.05) is 16.8 Å². The number of imide groups is 1. The first-order valence-electron chi connectivity index (χ1n) is 11.7. The third-order valence-electron chi connectivity index (χ3n) is 7.70. The average Bonchev–Trinajstić information content (AvgIpc) is 3.63. The average molecular weight is 456 g/mol. The van der Waals surface area contributed by atoms with Crippen LogP contribution in [-0.4, -0.2) is 30.3 Å². The fourth-order valence-electron chi connectivity index (χ4n) is 6.08. The monoisotopic (exact) mass is 456 g/mol. The standard InChI is InChI=1S/C27H24N2O5/c1-2-34-27(33)15-3-7-16(8-4-15)28-24(30)14-5-9-17(10-6-14)29-25(31)22-18-11-12-19(21-13-20(18)21)23(22)26(29)32/h3-12,18-23H,2,13H2,1H3,(H,28,30)/t18-,19+,20-,21-,22+,23-/m1/s1. The number of hydrogen-bond donors (Lipinski definition) is 1. The largest absolute Gasteiger partial charge is 0.462 e. The minimum atomic E-state index is -0.414. The Morgan fingerprint density at radius 1 is 0.882 bits per heavy atom. The van der Waals surface area contributed by atoms with E-state index in [4.69, 9.17) is 4.74 Å². The maximum atomic E-state index is 13.2. The van der Waals surface area contributed by atoms with Crippen LogP contribution < -0.4 is 10.2 Å². The Hall–Kier alpha value is -3.74. The number of anilines is 2. The van der Waals surface area contributed by atoms with Gasteiger partial charge in [-0.25, -0.2) is 4.79 Å². The first-order valence-corrected chi connectivity index (χ1v) is 11.7. The number of benzene rings is 2. The maximum absolute atomic E-state index is 13.2. The Kier molecular flexibility index (Phi) is 4.69. The van der Waals surface area contributed by atoms with Gasteiger partial charge in [0.05, 0.1) is 29.7 Å². The maximum Gasteiger partial charge on any atom is 0.338 e. The van der Waals surface area contributed by atoms with E-state index in [1.165, 1.54) is 4.90 Å². The van der Waals surface area contributed by atoms with Crippen LogP contribution in [0.5, 0.6) is 0 Å². The summed E-state index contributed by atoms with van der Waals surface area (Å²) in [6.07, 6.45) is 5.44. The van der Waals surface area contributed by atoms with Gasteiger partial charge >= 0.3 is 5.97 Å². The minimum absolute atomic E-state index is 0.112. The summed E-state index contributed by atoms with van der Waals surface area (Å²) in [5.74, 6) is 0.0307. The topological polar surface area (TPSA) is 92.8 Å². The summed E-state index contributed by atoms with van der Waals surface area (Å²) < 4.78 is 4.96. The fourth-order valence-corrected chi connectivity index (χ4v) is 6.08. The van der Waals surface area contributed by atoms with Crippen LogP contribution in [-0.2, 0) is 14.3 Å². The Morgan fingerprint density at radius 2 is 1.44 bits per heavy atom. The summed E-state index contributed by atoms with van der Waals surface area (Å²) in [4.78, 5) is 52.2. The highest BCUT2D eigenvalue weighted by molar-refractivity contribution is 6.22. The van der Waals surface area contributed by atoms with E-state index < -0.39 is 5.97 Å². The number of allylic oxidation sites excluding steroid dienone is 2. The summed E-state index contributed by atoms with van der Waals surface area (Å²) in [5, 5.41) is 2.79. The minimum Gasteiger partial charge on any atom is -0.462 e. The van der Waals surface area contributed by atoms with Crippen molar-refractivity contribution in [1.82, 2.24) is 0 Å². The molecule has 7 heteroatoms. The summed E-state index contributed by atoms with van der Waals surface area (Å²) in [6, 6.07) is 13.0. The zero-order valence-electron chi connectivity index (χ0n) is 18.6. The number of nitrogens with zero attached hydrogens (tertiary/aromatic N) is 1. The molecule has 3 amide bonds. The van der Waals surface area contributed by atoms with Gasteiger partial charge in [0.1, 0.15) is 0 Å². The van der Waals surface area contributed by atoms with Crippen molar-refractivity contribution in [3.05, 3.63) is 71.8 Å². The molecule has 6 atom stereocenters. The van der Waals surface area contributed by atoms with Crippen LogP contribution in [0.15, 0.2) is 60.7 Å². The van der Waals surface area contributed by atoms with Crippen molar-refractivity contribution >= 4 is 35.1 Å². The molecule has 0 spiro atoms. The molecule has 0 unspecified atom stereocenters. The van der Waals surface area contributed by atoms with Crippen LogP contribution in [0.2, 0.25) is 0 Å². The first kappa shape index (κ1) is 20.8. The molecule has 7 rings (SSSR count). The number of amides is 3. The van der Waals surface area contributed by atoms with E-state index in [9.17, 15) is 19.2 Å². The molecule has 7 nitrogen and oxygen atoms in total. The molecule has 1 heterocycles. The first-order chi connectivity index (χ1) is 16.5. The van der Waals surface area contributed by atoms with Gasteiger partial charge in [0.15, 0.2) is 0 Å². The highest BCUT2D eigenvalue weighted by atomic mass is 16.5. The zero-order chi connectivity index (χ0) is 23.6. The van der Waals surface area contributed by atoms with Gasteiger partial charge < -0.3 is 10.1 Å². The molecule has 0 radical (unpaired) electrons. The molecule has 0 aromatic heterocycles. The number of esters is 1. The molecule has 4 aliphatic carbocycles. The molecule has 1 N–H and O–H groups in total. The summed E-state index contributed by atoms with van der Waals surface area (Å²) in [7, 11) is 0. The molecular weight excluding hydrogens is 432 g/mol. The van der Waals surface area contributed by atoms with Crippen LogP contribution >= 0.6 is 0 Å². The lowest BCUT2D eigenvalue weighted by Gasteiger charge is -2.37. The predicted octanol–water partition coefficient (Wildman–Crippen LogP) is 3.67. The van der Waals surface area contributed by atoms with Crippen LogP contribution in [0.25, 0.3) is 0 Å². The summed E-state index contributed by atoms with van der Waals surface area (Å²) in [5.41, 5.74) is 1.86. The van der Waals surface area contributed by atoms with Crippen LogP contribution in [0, 0.1) is 35.5 Å². The van der Waals surface area contributed by atoms with Crippen molar-refractivity contribution in [3.63, 3.8) is 0 Å². The van der Waals surface area contributed by atoms with Gasteiger partial charge in [0.2, 0.25) is 11.8 Å². The van der Waals surface area contributed by atoms with Gasteiger partial charge in [0.25, 0.3) is 5.91 Å². The third kappa shape index (κ3) is 3.10. The molecule has 1 aliphatic heterocycles. The molecule has 2 saturated carbocycles. The van der Waals surface area contributed by atoms with Crippen molar-refractivity contribution in [3.8, 4) is 0 Å². The summed E-state index contributed by atoms with van der Waals surface area (Å²) >= 11 is 0. The highest BCUT2D eigenvalue weighted by Gasteiger charge is 2.67. The Balaban J connectivity index is 1.16. The smallest absolute Gasteiger partial charge is 0.338 e. The van der Waals surface area contributed by atoms with Gasteiger partial charge in [-0.3, -0.25) is 19.3 Å². The van der Waals surface area contributed by atoms with Crippen LogP contribution in [0.3, 0.4) is 0 Å². The lowest BCUT2D eigenvalue weighted by Crippen LogP contribution is -2.40. The third-order valence-corrected chi connectivity index (χ3v) is 7.70. The van der Waals surface area contributed by atoms with E-state index in [2.05, 4.69) is 17.5 Å². The molecule has 172 valence electrons. The van der Waals surface area contributed by atoms with Crippen molar-refractivity contribution in [1.29, 1.82) is 0 Å². The molecule has 2 bridgehead atoms. The molecule has 2 aromatic carbocycles. The number of rotatable bonds is 5. The number of carbonyl (C=O) groups is 4. The highest BCUT2D eigenvalue weighted by Crippen LogP contribution is 2.65. The van der Waals surface area contributed by atoms with Gasteiger partial charge in [-0.1, -0.05) is 12.2 Å². The fraction of sp³-hybridized carbons (Fsp3) is 0.333. The van der Waals surface area contributed by atoms with E-state index in [-0.39, 0.29) is 41.4 Å². The lowest BCUT2D eigenvalue weighted by molar-refractivity contribution is -0.124. The quantitative estimate of drug-likeness (QED) is 0.421. The van der Waals surface area contributed by atoms with Crippen LogP contribution in [0.1, 0.15) is 34.1 Å². The SMILES string of the molecule is CCOC(=O)c1ccc(NC(=O)c2ccc(N3C(=O)[C@@H]4[C@H]5C=C[C@H]([C@H]6C[C@H]56)[C@@H]4C3=O)cc2)cc1. The van der Waals surface area contributed by atoms with E-state index in [1.54, 1.807) is 55.5 Å². The molecule has 3 fully saturated rings. The van der Waals surface area contributed by atoms with E-state index >= 15 is 0 Å². The second-order valence-corrected chi connectivity index (χ2v) is 9.47. The van der Waals surface area contributed by atoms with Gasteiger partial charge in [-0.15, -0.1) is 0 Å². The number of ether oxygens (including phenoxy) is 1.